The van der Waals surface area contributed by atoms with Crippen LogP contribution >= 0.6 is 34.3 Å². The number of nitrogens with one attached hydrogen (secondary N) is 1. The summed E-state index contributed by atoms with van der Waals surface area (Å²) in [6.07, 6.45) is 2.60. The van der Waals surface area contributed by atoms with Crippen LogP contribution in [0.2, 0.25) is 4.34 Å². The molecule has 3 heterocycles. The Labute approximate surface area is 136 Å². The molecule has 0 radical (unpaired) electrons. The largest absolute Gasteiger partial charge is 0.467 e. The van der Waals surface area contributed by atoms with Crippen LogP contribution in [-0.2, 0) is 6.42 Å². The van der Waals surface area contributed by atoms with Crippen molar-refractivity contribution in [3.63, 3.8) is 0 Å². The molecule has 0 aliphatic carbocycles. The molecule has 0 fully saturated rings. The first-order valence-electron chi connectivity index (χ1n) is 6.65. The van der Waals surface area contributed by atoms with Gasteiger partial charge in [-0.05, 0) is 31.2 Å². The van der Waals surface area contributed by atoms with Crippen molar-refractivity contribution in [3.05, 3.63) is 61.6 Å². The number of thiophene rings is 1. The van der Waals surface area contributed by atoms with E-state index in [9.17, 15) is 0 Å². The third kappa shape index (κ3) is 3.74. The number of nitrogens with zero attached hydrogens (tertiary/aromatic N) is 1. The van der Waals surface area contributed by atoms with Crippen molar-refractivity contribution in [1.82, 2.24) is 10.3 Å². The third-order valence-corrected chi connectivity index (χ3v) is 5.22. The maximum atomic E-state index is 6.05. The normalized spacial score (nSPS) is 12.7. The zero-order valence-corrected chi connectivity index (χ0v) is 13.9. The Kier molecular flexibility index (Phi) is 4.75. The van der Waals surface area contributed by atoms with Crippen LogP contribution in [0.4, 0.5) is 0 Å². The molecule has 0 amide bonds. The standard InChI is InChI=1S/C15H15ClN2OS2/c1-10-18-11(9-20-10)6-7-17-15(12-3-2-8-19-12)13-4-5-14(16)21-13/h2-5,8-9,15,17H,6-7H2,1H3. The SMILES string of the molecule is Cc1nc(CCNC(c2ccco2)c2ccc(Cl)s2)cs1. The summed E-state index contributed by atoms with van der Waals surface area (Å²) < 4.78 is 6.34. The maximum Gasteiger partial charge on any atom is 0.126 e. The van der Waals surface area contributed by atoms with E-state index in [-0.39, 0.29) is 6.04 Å². The van der Waals surface area contributed by atoms with Crippen molar-refractivity contribution < 1.29 is 4.42 Å². The second-order valence-electron chi connectivity index (χ2n) is 4.65. The van der Waals surface area contributed by atoms with Gasteiger partial charge >= 0.3 is 0 Å². The van der Waals surface area contributed by atoms with Gasteiger partial charge in [0.25, 0.3) is 0 Å². The molecule has 0 aliphatic rings. The first-order valence-corrected chi connectivity index (χ1v) is 8.73. The van der Waals surface area contributed by atoms with E-state index >= 15 is 0 Å². The molecule has 3 aromatic rings. The molecule has 0 bridgehead atoms. The zero-order valence-electron chi connectivity index (χ0n) is 11.5. The lowest BCUT2D eigenvalue weighted by atomic mass is 10.2. The third-order valence-electron chi connectivity index (χ3n) is 3.10. The first-order chi connectivity index (χ1) is 10.2. The molecule has 3 rings (SSSR count). The van der Waals surface area contributed by atoms with Crippen LogP contribution in [0.5, 0.6) is 0 Å². The second kappa shape index (κ2) is 6.75. The average Bonchev–Trinajstić information content (AvgIpc) is 3.17. The molecule has 0 saturated heterocycles. The van der Waals surface area contributed by atoms with Crippen LogP contribution in [-0.4, -0.2) is 11.5 Å². The number of furan rings is 1. The van der Waals surface area contributed by atoms with E-state index in [1.807, 2.05) is 31.2 Å². The highest BCUT2D eigenvalue weighted by molar-refractivity contribution is 7.16. The number of aryl methyl sites for hydroxylation is 1. The van der Waals surface area contributed by atoms with Gasteiger partial charge in [0.05, 0.1) is 21.3 Å². The fourth-order valence-corrected chi connectivity index (χ4v) is 3.94. The van der Waals surface area contributed by atoms with Crippen molar-refractivity contribution in [2.45, 2.75) is 19.4 Å². The summed E-state index contributed by atoms with van der Waals surface area (Å²) in [5.41, 5.74) is 1.13. The fraction of sp³-hybridized carbons (Fsp3) is 0.267. The Morgan fingerprint density at radius 1 is 1.38 bits per heavy atom. The molecule has 21 heavy (non-hydrogen) atoms. The van der Waals surface area contributed by atoms with Crippen LogP contribution in [0.15, 0.2) is 40.3 Å². The molecule has 1 atom stereocenters. The van der Waals surface area contributed by atoms with E-state index in [1.54, 1.807) is 28.9 Å². The Morgan fingerprint density at radius 3 is 2.90 bits per heavy atom. The van der Waals surface area contributed by atoms with Gasteiger partial charge in [0, 0.05) is 23.2 Å². The number of aromatic nitrogens is 1. The quantitative estimate of drug-likeness (QED) is 0.709. The maximum absolute atomic E-state index is 6.05. The second-order valence-corrected chi connectivity index (χ2v) is 7.46. The zero-order chi connectivity index (χ0) is 14.7. The van der Waals surface area contributed by atoms with Crippen LogP contribution in [0.25, 0.3) is 0 Å². The first kappa shape index (κ1) is 14.8. The summed E-state index contributed by atoms with van der Waals surface area (Å²) in [5, 5.41) is 6.75. The number of thiazole rings is 1. The van der Waals surface area contributed by atoms with E-state index in [4.69, 9.17) is 16.0 Å². The Bertz CT molecular complexity index is 690. The van der Waals surface area contributed by atoms with Crippen molar-refractivity contribution >= 4 is 34.3 Å². The van der Waals surface area contributed by atoms with Gasteiger partial charge in [-0.25, -0.2) is 4.98 Å². The molecule has 110 valence electrons. The molecule has 6 heteroatoms. The topological polar surface area (TPSA) is 38.1 Å². The number of halogens is 1. The van der Waals surface area contributed by atoms with Crippen molar-refractivity contribution in [2.75, 3.05) is 6.54 Å². The molecule has 1 unspecified atom stereocenters. The molecule has 0 spiro atoms. The molecule has 1 N–H and O–H groups in total. The summed E-state index contributed by atoms with van der Waals surface area (Å²) in [5.74, 6) is 0.906. The summed E-state index contributed by atoms with van der Waals surface area (Å²) in [4.78, 5) is 5.64. The van der Waals surface area contributed by atoms with Gasteiger partial charge in [-0.15, -0.1) is 22.7 Å². The molecule has 0 saturated carbocycles. The van der Waals surface area contributed by atoms with Crippen molar-refractivity contribution in [3.8, 4) is 0 Å². The molecule has 3 nitrogen and oxygen atoms in total. The molecule has 3 aromatic heterocycles. The molecule has 0 aliphatic heterocycles. The smallest absolute Gasteiger partial charge is 0.126 e. The fourth-order valence-electron chi connectivity index (χ4n) is 2.15. The van der Waals surface area contributed by atoms with E-state index in [0.717, 1.165) is 38.6 Å². The predicted octanol–water partition coefficient (Wildman–Crippen LogP) is 4.68. The molecular weight excluding hydrogens is 324 g/mol. The average molecular weight is 339 g/mol. The number of hydrogen-bond donors (Lipinski definition) is 1. The highest BCUT2D eigenvalue weighted by Gasteiger charge is 2.18. The predicted molar refractivity (Wildman–Crippen MR) is 88.4 cm³/mol. The van der Waals surface area contributed by atoms with Gasteiger partial charge in [0.2, 0.25) is 0 Å². The number of hydrogen-bond acceptors (Lipinski definition) is 5. The molecular formula is C15H15ClN2OS2. The Hall–Kier alpha value is -1.14. The monoisotopic (exact) mass is 338 g/mol. The van der Waals surface area contributed by atoms with Gasteiger partial charge in [0.15, 0.2) is 0 Å². The summed E-state index contributed by atoms with van der Waals surface area (Å²) >= 11 is 9.31. The van der Waals surface area contributed by atoms with Crippen LogP contribution in [0.1, 0.15) is 27.4 Å². The minimum absolute atomic E-state index is 0.0391. The summed E-state index contributed by atoms with van der Waals surface area (Å²) in [7, 11) is 0. The van der Waals surface area contributed by atoms with E-state index in [0.29, 0.717) is 0 Å². The summed E-state index contributed by atoms with van der Waals surface area (Å²) in [6, 6.07) is 7.89. The van der Waals surface area contributed by atoms with Gasteiger partial charge in [-0.1, -0.05) is 11.6 Å². The van der Waals surface area contributed by atoms with Gasteiger partial charge < -0.3 is 9.73 Å². The van der Waals surface area contributed by atoms with Gasteiger partial charge in [0.1, 0.15) is 11.8 Å². The van der Waals surface area contributed by atoms with Crippen LogP contribution in [0.3, 0.4) is 0 Å². The Morgan fingerprint density at radius 2 is 2.29 bits per heavy atom. The van der Waals surface area contributed by atoms with Crippen LogP contribution < -0.4 is 5.32 Å². The highest BCUT2D eigenvalue weighted by Crippen LogP contribution is 2.31. The van der Waals surface area contributed by atoms with Crippen molar-refractivity contribution in [2.24, 2.45) is 0 Å². The van der Waals surface area contributed by atoms with E-state index < -0.39 is 0 Å². The lowest BCUT2D eigenvalue weighted by Gasteiger charge is -2.14. The van der Waals surface area contributed by atoms with Crippen molar-refractivity contribution in [1.29, 1.82) is 0 Å². The minimum atomic E-state index is 0.0391. The van der Waals surface area contributed by atoms with E-state index in [1.165, 1.54) is 0 Å². The molecule has 0 aromatic carbocycles. The van der Waals surface area contributed by atoms with Gasteiger partial charge in [-0.2, -0.15) is 0 Å². The van der Waals surface area contributed by atoms with Crippen LogP contribution in [0, 0.1) is 6.92 Å². The summed E-state index contributed by atoms with van der Waals surface area (Å²) in [6.45, 7) is 2.87. The Balaban J connectivity index is 1.68. The lowest BCUT2D eigenvalue weighted by molar-refractivity contribution is 0.450. The van der Waals surface area contributed by atoms with E-state index in [2.05, 4.69) is 15.7 Å². The number of rotatable bonds is 6. The highest BCUT2D eigenvalue weighted by atomic mass is 35.5. The lowest BCUT2D eigenvalue weighted by Crippen LogP contribution is -2.23. The minimum Gasteiger partial charge on any atom is -0.467 e. The van der Waals surface area contributed by atoms with Gasteiger partial charge in [-0.3, -0.25) is 0 Å².